The van der Waals surface area contributed by atoms with Gasteiger partial charge in [0, 0.05) is 19.3 Å². The number of halogens is 2. The molecule has 0 aliphatic carbocycles. The van der Waals surface area contributed by atoms with Crippen molar-refractivity contribution < 1.29 is 9.13 Å². The van der Waals surface area contributed by atoms with Gasteiger partial charge in [-0.2, -0.15) is 0 Å². The predicted molar refractivity (Wildman–Crippen MR) is 66.6 cm³/mol. The number of nitrogens with two attached hydrogens (primary N) is 1. The molecule has 1 saturated heterocycles. The molecule has 1 atom stereocenters. The zero-order valence-electron chi connectivity index (χ0n) is 9.66. The van der Waals surface area contributed by atoms with Crippen molar-refractivity contribution >= 4 is 11.6 Å². The van der Waals surface area contributed by atoms with Gasteiger partial charge in [0.1, 0.15) is 5.82 Å². The number of benzene rings is 1. The van der Waals surface area contributed by atoms with Crippen LogP contribution in [-0.2, 0) is 11.2 Å². The van der Waals surface area contributed by atoms with Crippen LogP contribution >= 0.6 is 11.6 Å². The lowest BCUT2D eigenvalue weighted by atomic mass is 9.88. The lowest BCUT2D eigenvalue weighted by molar-refractivity contribution is 0.0584. The highest BCUT2D eigenvalue weighted by atomic mass is 35.5. The van der Waals surface area contributed by atoms with Gasteiger partial charge < -0.3 is 10.5 Å². The Bertz CT molecular complexity index is 380. The molecule has 0 saturated carbocycles. The van der Waals surface area contributed by atoms with Crippen LogP contribution in [0.5, 0.6) is 0 Å². The molecule has 0 bridgehead atoms. The maximum absolute atomic E-state index is 13.7. The fourth-order valence-electron chi connectivity index (χ4n) is 2.27. The van der Waals surface area contributed by atoms with Gasteiger partial charge in [0.25, 0.3) is 0 Å². The Morgan fingerprint density at radius 2 is 2.12 bits per heavy atom. The Kier molecular flexibility index (Phi) is 4.37. The summed E-state index contributed by atoms with van der Waals surface area (Å²) in [4.78, 5) is 0. The third kappa shape index (κ3) is 3.18. The summed E-state index contributed by atoms with van der Waals surface area (Å²) in [7, 11) is 0. The third-order valence-electron chi connectivity index (χ3n) is 3.36. The SMILES string of the molecule is NC(Cc1cccc(Cl)c1F)C1CCOCC1. The molecule has 17 heavy (non-hydrogen) atoms. The van der Waals surface area contributed by atoms with Gasteiger partial charge in [0.05, 0.1) is 5.02 Å². The molecular formula is C13H17ClFNO. The molecule has 2 N–H and O–H groups in total. The Labute approximate surface area is 106 Å². The molecule has 1 aliphatic heterocycles. The minimum Gasteiger partial charge on any atom is -0.381 e. The number of hydrogen-bond acceptors (Lipinski definition) is 2. The summed E-state index contributed by atoms with van der Waals surface area (Å²) in [5.74, 6) is 0.0822. The second-order valence-electron chi connectivity index (χ2n) is 4.53. The van der Waals surface area contributed by atoms with E-state index in [4.69, 9.17) is 22.1 Å². The molecule has 2 nitrogen and oxygen atoms in total. The van der Waals surface area contributed by atoms with Crippen LogP contribution in [0.15, 0.2) is 18.2 Å². The standard InChI is InChI=1S/C13H17ClFNO/c14-11-3-1-2-10(13(11)15)8-12(16)9-4-6-17-7-5-9/h1-3,9,12H,4-8,16H2. The zero-order chi connectivity index (χ0) is 12.3. The van der Waals surface area contributed by atoms with E-state index in [9.17, 15) is 4.39 Å². The summed E-state index contributed by atoms with van der Waals surface area (Å²) in [6, 6.07) is 5.05. The third-order valence-corrected chi connectivity index (χ3v) is 3.65. The van der Waals surface area contributed by atoms with Crippen LogP contribution in [0.2, 0.25) is 5.02 Å². The highest BCUT2D eigenvalue weighted by Crippen LogP contribution is 2.23. The van der Waals surface area contributed by atoms with Crippen molar-refractivity contribution in [1.29, 1.82) is 0 Å². The fourth-order valence-corrected chi connectivity index (χ4v) is 2.46. The molecule has 4 heteroatoms. The molecule has 0 aromatic heterocycles. The first kappa shape index (κ1) is 12.8. The van der Waals surface area contributed by atoms with E-state index < -0.39 is 0 Å². The van der Waals surface area contributed by atoms with E-state index >= 15 is 0 Å². The van der Waals surface area contributed by atoms with E-state index in [1.165, 1.54) is 0 Å². The van der Waals surface area contributed by atoms with Crippen molar-refractivity contribution in [3.8, 4) is 0 Å². The van der Waals surface area contributed by atoms with Crippen molar-refractivity contribution in [2.45, 2.75) is 25.3 Å². The zero-order valence-corrected chi connectivity index (χ0v) is 10.4. The van der Waals surface area contributed by atoms with Gasteiger partial charge in [-0.05, 0) is 36.8 Å². The van der Waals surface area contributed by atoms with Crippen LogP contribution in [-0.4, -0.2) is 19.3 Å². The summed E-state index contributed by atoms with van der Waals surface area (Å²) in [6.07, 6.45) is 2.46. The Hall–Kier alpha value is -0.640. The first-order chi connectivity index (χ1) is 8.18. The van der Waals surface area contributed by atoms with Crippen LogP contribution in [0.25, 0.3) is 0 Å². The van der Waals surface area contributed by atoms with Crippen molar-refractivity contribution in [3.63, 3.8) is 0 Å². The maximum atomic E-state index is 13.7. The number of rotatable bonds is 3. The summed E-state index contributed by atoms with van der Waals surface area (Å²) in [6.45, 7) is 1.52. The summed E-state index contributed by atoms with van der Waals surface area (Å²) >= 11 is 5.75. The lowest BCUT2D eigenvalue weighted by Crippen LogP contribution is -2.36. The predicted octanol–water partition coefficient (Wildman–Crippen LogP) is 2.78. The van der Waals surface area contributed by atoms with Gasteiger partial charge in [0.2, 0.25) is 0 Å². The molecule has 1 aliphatic rings. The molecule has 1 heterocycles. The molecule has 1 fully saturated rings. The maximum Gasteiger partial charge on any atom is 0.145 e. The van der Waals surface area contributed by atoms with Crippen molar-refractivity contribution in [2.24, 2.45) is 11.7 Å². The van der Waals surface area contributed by atoms with Gasteiger partial charge in [0.15, 0.2) is 0 Å². The van der Waals surface area contributed by atoms with E-state index in [-0.39, 0.29) is 16.9 Å². The highest BCUT2D eigenvalue weighted by molar-refractivity contribution is 6.30. The Morgan fingerprint density at radius 3 is 2.82 bits per heavy atom. The normalized spacial score (nSPS) is 19.2. The van der Waals surface area contributed by atoms with Gasteiger partial charge >= 0.3 is 0 Å². The Balaban J connectivity index is 2.01. The molecule has 2 rings (SSSR count). The van der Waals surface area contributed by atoms with Gasteiger partial charge in [-0.1, -0.05) is 23.7 Å². The molecule has 0 radical (unpaired) electrons. The Morgan fingerprint density at radius 1 is 1.41 bits per heavy atom. The average molecular weight is 258 g/mol. The van der Waals surface area contributed by atoms with Crippen LogP contribution in [0, 0.1) is 11.7 Å². The lowest BCUT2D eigenvalue weighted by Gasteiger charge is -2.27. The fraction of sp³-hybridized carbons (Fsp3) is 0.538. The van der Waals surface area contributed by atoms with Crippen LogP contribution < -0.4 is 5.73 Å². The van der Waals surface area contributed by atoms with Crippen LogP contribution in [0.1, 0.15) is 18.4 Å². The van der Waals surface area contributed by atoms with Gasteiger partial charge in [-0.3, -0.25) is 0 Å². The van der Waals surface area contributed by atoms with E-state index in [0.29, 0.717) is 17.9 Å². The largest absolute Gasteiger partial charge is 0.381 e. The summed E-state index contributed by atoms with van der Waals surface area (Å²) in [5, 5.41) is 0.168. The molecule has 94 valence electrons. The van der Waals surface area contributed by atoms with Crippen LogP contribution in [0.3, 0.4) is 0 Å². The second kappa shape index (κ2) is 5.80. The first-order valence-corrected chi connectivity index (χ1v) is 6.32. The second-order valence-corrected chi connectivity index (χ2v) is 4.94. The molecule has 1 aromatic rings. The summed E-state index contributed by atoms with van der Waals surface area (Å²) in [5.41, 5.74) is 6.74. The number of hydrogen-bond donors (Lipinski definition) is 1. The smallest absolute Gasteiger partial charge is 0.145 e. The molecule has 0 amide bonds. The van der Waals surface area contributed by atoms with E-state index in [2.05, 4.69) is 0 Å². The van der Waals surface area contributed by atoms with E-state index in [0.717, 1.165) is 26.1 Å². The minimum absolute atomic E-state index is 0.0214. The molecule has 1 unspecified atom stereocenters. The number of ether oxygens (including phenoxy) is 1. The van der Waals surface area contributed by atoms with Crippen LogP contribution in [0.4, 0.5) is 4.39 Å². The van der Waals surface area contributed by atoms with E-state index in [1.807, 2.05) is 0 Å². The van der Waals surface area contributed by atoms with Gasteiger partial charge in [-0.25, -0.2) is 4.39 Å². The highest BCUT2D eigenvalue weighted by Gasteiger charge is 2.22. The summed E-state index contributed by atoms with van der Waals surface area (Å²) < 4.78 is 19.0. The van der Waals surface area contributed by atoms with Crippen molar-refractivity contribution in [1.82, 2.24) is 0 Å². The minimum atomic E-state index is -0.336. The van der Waals surface area contributed by atoms with Gasteiger partial charge in [-0.15, -0.1) is 0 Å². The first-order valence-electron chi connectivity index (χ1n) is 5.94. The topological polar surface area (TPSA) is 35.2 Å². The molecule has 1 aromatic carbocycles. The average Bonchev–Trinajstić information content (AvgIpc) is 2.36. The van der Waals surface area contributed by atoms with Crippen molar-refractivity contribution in [2.75, 3.05) is 13.2 Å². The monoisotopic (exact) mass is 257 g/mol. The molecule has 0 spiro atoms. The quantitative estimate of drug-likeness (QED) is 0.904. The van der Waals surface area contributed by atoms with Crippen molar-refractivity contribution in [3.05, 3.63) is 34.6 Å². The van der Waals surface area contributed by atoms with E-state index in [1.54, 1.807) is 18.2 Å². The molecular weight excluding hydrogens is 241 g/mol.